The maximum absolute atomic E-state index is 12.8. The van der Waals surface area contributed by atoms with Gasteiger partial charge in [0.05, 0.1) is 0 Å². The minimum atomic E-state index is 0.165. The van der Waals surface area contributed by atoms with E-state index < -0.39 is 0 Å². The molecule has 0 bridgehead atoms. The molecule has 36 heavy (non-hydrogen) atoms. The average Bonchev–Trinajstić information content (AvgIpc) is 3.36. The van der Waals surface area contributed by atoms with Gasteiger partial charge in [0.15, 0.2) is 0 Å². The molecular weight excluding hydrogens is 448 g/mol. The van der Waals surface area contributed by atoms with E-state index in [1.807, 2.05) is 4.90 Å². The number of nitrogens with zero attached hydrogens (tertiary/aromatic N) is 4. The van der Waals surface area contributed by atoms with Gasteiger partial charge in [-0.15, -0.1) is 0 Å². The van der Waals surface area contributed by atoms with Crippen molar-refractivity contribution in [1.82, 2.24) is 9.80 Å². The van der Waals surface area contributed by atoms with E-state index in [1.54, 1.807) is 0 Å². The molecule has 6 nitrogen and oxygen atoms in total. The Morgan fingerprint density at radius 2 is 1.94 bits per heavy atom. The number of rotatable bonds is 8. The van der Waals surface area contributed by atoms with E-state index in [4.69, 9.17) is 4.84 Å². The number of carbonyl (C=O) groups is 1. The van der Waals surface area contributed by atoms with Crippen LogP contribution in [0.5, 0.6) is 0 Å². The number of hydrogen-bond donors (Lipinski definition) is 0. The average molecular weight is 493 g/mol. The zero-order valence-corrected chi connectivity index (χ0v) is 22.2. The highest BCUT2D eigenvalue weighted by Gasteiger charge is 2.30. The molecular formula is C30H44N4O2. The fourth-order valence-corrected chi connectivity index (χ4v) is 5.94. The van der Waals surface area contributed by atoms with E-state index in [9.17, 15) is 4.79 Å². The molecule has 2 heterocycles. The van der Waals surface area contributed by atoms with Crippen molar-refractivity contribution in [3.05, 3.63) is 47.6 Å². The van der Waals surface area contributed by atoms with Gasteiger partial charge in [-0.3, -0.25) is 4.79 Å². The minimum Gasteiger partial charge on any atom is -0.338 e. The van der Waals surface area contributed by atoms with Crippen LogP contribution in [0.15, 0.2) is 57.8 Å². The van der Waals surface area contributed by atoms with Crippen molar-refractivity contribution in [3.8, 4) is 0 Å². The zero-order valence-electron chi connectivity index (χ0n) is 22.2. The lowest BCUT2D eigenvalue weighted by molar-refractivity contribution is -0.134. The highest BCUT2D eigenvalue weighted by Crippen LogP contribution is 2.35. The van der Waals surface area contributed by atoms with Gasteiger partial charge < -0.3 is 14.6 Å². The van der Waals surface area contributed by atoms with Crippen molar-refractivity contribution in [2.75, 3.05) is 32.7 Å². The number of aliphatic imine (C=N–C) groups is 1. The van der Waals surface area contributed by atoms with Gasteiger partial charge in [0.1, 0.15) is 0 Å². The quantitative estimate of drug-likeness (QED) is 0.184. The summed E-state index contributed by atoms with van der Waals surface area (Å²) in [6, 6.07) is 0.629. The Morgan fingerprint density at radius 1 is 1.11 bits per heavy atom. The Labute approximate surface area is 217 Å². The van der Waals surface area contributed by atoms with Crippen LogP contribution in [0.1, 0.15) is 71.1 Å². The number of carbonyl (C=O) groups excluding carboxylic acids is 1. The topological polar surface area (TPSA) is 57.5 Å². The first kappa shape index (κ1) is 26.4. The summed E-state index contributed by atoms with van der Waals surface area (Å²) >= 11 is 0. The smallest absolute Gasteiger partial charge is 0.317 e. The molecule has 4 rings (SSSR count). The third-order valence-corrected chi connectivity index (χ3v) is 8.25. The fourth-order valence-electron chi connectivity index (χ4n) is 5.94. The van der Waals surface area contributed by atoms with Crippen LogP contribution in [0, 0.1) is 17.8 Å². The second-order valence-corrected chi connectivity index (χ2v) is 10.8. The van der Waals surface area contributed by atoms with Gasteiger partial charge in [-0.1, -0.05) is 59.7 Å². The predicted octanol–water partition coefficient (Wildman–Crippen LogP) is 5.89. The number of oxime groups is 1. The zero-order chi connectivity index (χ0) is 25.3. The van der Waals surface area contributed by atoms with Gasteiger partial charge >= 0.3 is 6.02 Å². The Bertz CT molecular complexity index is 923. The first-order valence-electron chi connectivity index (χ1n) is 14.0. The van der Waals surface area contributed by atoms with Crippen LogP contribution < -0.4 is 0 Å². The number of piperidine rings is 1. The van der Waals surface area contributed by atoms with Crippen LogP contribution in [0.4, 0.5) is 0 Å². The molecule has 1 amide bonds. The van der Waals surface area contributed by atoms with Crippen LogP contribution in [0.2, 0.25) is 0 Å². The third-order valence-electron chi connectivity index (χ3n) is 8.25. The second-order valence-electron chi connectivity index (χ2n) is 10.8. The van der Waals surface area contributed by atoms with Crippen LogP contribution >= 0.6 is 0 Å². The van der Waals surface area contributed by atoms with Gasteiger partial charge in [-0.25, -0.2) is 4.99 Å². The van der Waals surface area contributed by atoms with E-state index in [1.165, 1.54) is 36.0 Å². The first-order valence-corrected chi connectivity index (χ1v) is 14.0. The normalized spacial score (nSPS) is 25.6. The number of amides is 1. The first-order chi connectivity index (χ1) is 17.6. The minimum absolute atomic E-state index is 0.165. The van der Waals surface area contributed by atoms with Gasteiger partial charge in [-0.2, -0.15) is 0 Å². The molecule has 0 N–H and O–H groups in total. The van der Waals surface area contributed by atoms with E-state index in [0.29, 0.717) is 17.8 Å². The van der Waals surface area contributed by atoms with Crippen molar-refractivity contribution in [2.45, 2.75) is 71.1 Å². The lowest BCUT2D eigenvalue weighted by atomic mass is 9.79. The van der Waals surface area contributed by atoms with E-state index in [-0.39, 0.29) is 5.92 Å². The Morgan fingerprint density at radius 3 is 2.56 bits per heavy atom. The summed E-state index contributed by atoms with van der Waals surface area (Å²) in [7, 11) is 0. The standard InChI is InChI=1S/C30H44N4O2/c1-4-18-32-30(36-31-3)33-20-16-25(17-21-33)6-5-24-7-9-26(10-8-24)27-11-13-28(14-12-27)29(35)34-19-15-23(2)22-34/h7-9,11,25-26,28H,2-6,10,12-22H2,1H3/b32-30-. The molecule has 196 valence electrons. The Balaban J connectivity index is 1.17. The maximum Gasteiger partial charge on any atom is 0.317 e. The van der Waals surface area contributed by atoms with E-state index in [2.05, 4.69) is 59.6 Å². The molecule has 2 aliphatic heterocycles. The summed E-state index contributed by atoms with van der Waals surface area (Å²) in [6.45, 7) is 13.9. The molecule has 2 aliphatic carbocycles. The fraction of sp³-hybridized carbons (Fsp3) is 0.633. The van der Waals surface area contributed by atoms with Gasteiger partial charge in [-0.05, 0) is 70.1 Å². The molecule has 0 radical (unpaired) electrons. The van der Waals surface area contributed by atoms with Crippen LogP contribution in [0.25, 0.3) is 0 Å². The number of amidine groups is 1. The van der Waals surface area contributed by atoms with Crippen molar-refractivity contribution < 1.29 is 9.63 Å². The molecule has 0 aromatic rings. The highest BCUT2D eigenvalue weighted by molar-refractivity contribution is 5.80. The molecule has 2 fully saturated rings. The molecule has 6 heteroatoms. The highest BCUT2D eigenvalue weighted by atomic mass is 16.6. The van der Waals surface area contributed by atoms with E-state index in [0.717, 1.165) is 83.6 Å². The summed E-state index contributed by atoms with van der Waals surface area (Å²) < 4.78 is 0. The maximum atomic E-state index is 12.8. The SMILES string of the molecule is C=NO/C(=N\CCC)N1CCC(CCC2=CCC(C3=CCC(C(=O)N4CCC(=C)C4)CC3)C=C2)CC1. The van der Waals surface area contributed by atoms with Crippen molar-refractivity contribution >= 4 is 18.6 Å². The Hall–Kier alpha value is -2.63. The Kier molecular flexibility index (Phi) is 9.60. The molecule has 2 atom stereocenters. The largest absolute Gasteiger partial charge is 0.338 e. The predicted molar refractivity (Wildman–Crippen MR) is 148 cm³/mol. The molecule has 2 saturated heterocycles. The monoisotopic (exact) mass is 492 g/mol. The molecule has 0 aromatic carbocycles. The van der Waals surface area contributed by atoms with Crippen molar-refractivity contribution in [1.29, 1.82) is 0 Å². The van der Waals surface area contributed by atoms with Crippen LogP contribution in [-0.4, -0.2) is 61.2 Å². The summed E-state index contributed by atoms with van der Waals surface area (Å²) in [6.07, 6.45) is 20.3. The summed E-state index contributed by atoms with van der Waals surface area (Å²) in [5.41, 5.74) is 4.20. The lowest BCUT2D eigenvalue weighted by Crippen LogP contribution is -2.39. The number of allylic oxidation sites excluding steroid dienone is 6. The van der Waals surface area contributed by atoms with Crippen molar-refractivity contribution in [2.24, 2.45) is 27.9 Å². The van der Waals surface area contributed by atoms with Crippen LogP contribution in [0.3, 0.4) is 0 Å². The summed E-state index contributed by atoms with van der Waals surface area (Å²) in [4.78, 5) is 26.9. The summed E-state index contributed by atoms with van der Waals surface area (Å²) in [5, 5.41) is 3.59. The van der Waals surface area contributed by atoms with Gasteiger partial charge in [0.25, 0.3) is 0 Å². The molecule has 4 aliphatic rings. The van der Waals surface area contributed by atoms with E-state index >= 15 is 0 Å². The molecule has 2 unspecified atom stereocenters. The van der Waals surface area contributed by atoms with Crippen LogP contribution in [-0.2, 0) is 9.63 Å². The summed E-state index contributed by atoms with van der Waals surface area (Å²) in [5.74, 6) is 1.77. The second kappa shape index (κ2) is 13.1. The third kappa shape index (κ3) is 6.98. The molecule has 0 spiro atoms. The van der Waals surface area contributed by atoms with Gasteiger partial charge in [0, 0.05) is 51.3 Å². The number of hydrogen-bond acceptors (Lipinski definition) is 4. The van der Waals surface area contributed by atoms with Crippen molar-refractivity contribution in [3.63, 3.8) is 0 Å². The number of likely N-dealkylation sites (tertiary alicyclic amines) is 2. The lowest BCUT2D eigenvalue weighted by Gasteiger charge is -2.32. The van der Waals surface area contributed by atoms with Gasteiger partial charge in [0.2, 0.25) is 5.91 Å². The molecule has 0 saturated carbocycles. The molecule has 0 aromatic heterocycles.